The molecule has 2 rings (SSSR count). The van der Waals surface area contributed by atoms with E-state index in [0.717, 1.165) is 23.7 Å². The highest BCUT2D eigenvalue weighted by molar-refractivity contribution is 5.48. The van der Waals surface area contributed by atoms with Gasteiger partial charge >= 0.3 is 0 Å². The minimum absolute atomic E-state index is 0.0655. The fourth-order valence-corrected chi connectivity index (χ4v) is 2.09. The minimum Gasteiger partial charge on any atom is -0.491 e. The molecule has 23 heavy (non-hydrogen) atoms. The van der Waals surface area contributed by atoms with Crippen molar-refractivity contribution in [2.24, 2.45) is 0 Å². The van der Waals surface area contributed by atoms with Crippen LogP contribution in [0.2, 0.25) is 0 Å². The third-order valence-electron chi connectivity index (χ3n) is 3.34. The molecule has 4 nitrogen and oxygen atoms in total. The van der Waals surface area contributed by atoms with Gasteiger partial charge in [-0.05, 0) is 38.1 Å². The van der Waals surface area contributed by atoms with Crippen molar-refractivity contribution in [2.75, 3.05) is 32.2 Å². The van der Waals surface area contributed by atoms with Gasteiger partial charge in [0.25, 0.3) is 0 Å². The van der Waals surface area contributed by atoms with E-state index in [2.05, 4.69) is 24.4 Å². The molecule has 0 aliphatic carbocycles. The predicted molar refractivity (Wildman–Crippen MR) is 93.6 cm³/mol. The second kappa shape index (κ2) is 9.06. The molecule has 2 aromatic carbocycles. The van der Waals surface area contributed by atoms with Crippen molar-refractivity contribution < 1.29 is 14.2 Å². The molecule has 1 N–H and O–H groups in total. The monoisotopic (exact) mass is 315 g/mol. The highest BCUT2D eigenvalue weighted by Crippen LogP contribution is 2.18. The number of nitrogens with one attached hydrogen (secondary N) is 1. The largest absolute Gasteiger partial charge is 0.491 e. The van der Waals surface area contributed by atoms with Gasteiger partial charge in [-0.15, -0.1) is 0 Å². The number of methoxy groups -OCH3 is 1. The molecule has 0 radical (unpaired) electrons. The molecule has 0 spiro atoms. The predicted octanol–water partition coefficient (Wildman–Crippen LogP) is 3.90. The van der Waals surface area contributed by atoms with Crippen molar-refractivity contribution in [2.45, 2.75) is 20.0 Å². The second-order valence-corrected chi connectivity index (χ2v) is 5.49. The van der Waals surface area contributed by atoms with Crippen LogP contribution in [0.5, 0.6) is 11.5 Å². The molecule has 4 heteroatoms. The van der Waals surface area contributed by atoms with E-state index in [0.29, 0.717) is 13.2 Å². The average Bonchev–Trinajstić information content (AvgIpc) is 2.56. The fourth-order valence-electron chi connectivity index (χ4n) is 2.09. The van der Waals surface area contributed by atoms with Gasteiger partial charge in [-0.2, -0.15) is 0 Å². The van der Waals surface area contributed by atoms with Crippen LogP contribution in [-0.2, 0) is 4.74 Å². The normalized spacial score (nSPS) is 11.8. The first kappa shape index (κ1) is 17.2. The topological polar surface area (TPSA) is 39.7 Å². The van der Waals surface area contributed by atoms with Crippen LogP contribution >= 0.6 is 0 Å². The van der Waals surface area contributed by atoms with Crippen molar-refractivity contribution in [1.82, 2.24) is 0 Å². The highest BCUT2D eigenvalue weighted by atomic mass is 16.5. The maximum absolute atomic E-state index is 5.89. The first-order valence-electron chi connectivity index (χ1n) is 7.86. The summed E-state index contributed by atoms with van der Waals surface area (Å²) in [7, 11) is 1.66. The smallest absolute Gasteiger partial charge is 0.121 e. The molecule has 0 heterocycles. The Labute approximate surface area is 138 Å². The Hall–Kier alpha value is -2.20. The standard InChI is InChI=1S/C19H25NO3/c1-15-7-9-18(10-8-15)23-16(2)14-20-17-5-4-6-19(13-17)22-12-11-21-3/h4-10,13,16,20H,11-12,14H2,1-3H3. The van der Waals surface area contributed by atoms with E-state index in [1.807, 2.05) is 43.3 Å². The van der Waals surface area contributed by atoms with Crippen molar-refractivity contribution in [3.63, 3.8) is 0 Å². The van der Waals surface area contributed by atoms with Crippen molar-refractivity contribution >= 4 is 5.69 Å². The molecule has 0 saturated heterocycles. The number of ether oxygens (including phenoxy) is 3. The summed E-state index contributed by atoms with van der Waals surface area (Å²) in [6.45, 7) is 5.96. The van der Waals surface area contributed by atoms with Crippen LogP contribution in [0.1, 0.15) is 12.5 Å². The third-order valence-corrected chi connectivity index (χ3v) is 3.34. The Morgan fingerprint density at radius 3 is 2.52 bits per heavy atom. The molecule has 1 unspecified atom stereocenters. The fraction of sp³-hybridized carbons (Fsp3) is 0.368. The van der Waals surface area contributed by atoms with Gasteiger partial charge < -0.3 is 19.5 Å². The van der Waals surface area contributed by atoms with Gasteiger partial charge in [-0.25, -0.2) is 0 Å². The van der Waals surface area contributed by atoms with Crippen molar-refractivity contribution in [3.05, 3.63) is 54.1 Å². The van der Waals surface area contributed by atoms with E-state index < -0.39 is 0 Å². The van der Waals surface area contributed by atoms with Gasteiger partial charge in [0, 0.05) is 18.9 Å². The maximum Gasteiger partial charge on any atom is 0.121 e. The molecule has 124 valence electrons. The lowest BCUT2D eigenvalue weighted by Crippen LogP contribution is -2.22. The zero-order valence-corrected chi connectivity index (χ0v) is 14.0. The summed E-state index contributed by atoms with van der Waals surface area (Å²) >= 11 is 0. The number of hydrogen-bond donors (Lipinski definition) is 1. The zero-order chi connectivity index (χ0) is 16.5. The van der Waals surface area contributed by atoms with E-state index in [-0.39, 0.29) is 6.10 Å². The Bertz CT molecular complexity index is 583. The maximum atomic E-state index is 5.89. The van der Waals surface area contributed by atoms with Crippen LogP contribution in [-0.4, -0.2) is 33.0 Å². The molecule has 1 atom stereocenters. The Kier molecular flexibility index (Phi) is 6.76. The quantitative estimate of drug-likeness (QED) is 0.712. The summed E-state index contributed by atoms with van der Waals surface area (Å²) in [5, 5.41) is 3.37. The van der Waals surface area contributed by atoms with Crippen LogP contribution < -0.4 is 14.8 Å². The van der Waals surface area contributed by atoms with Crippen LogP contribution in [0.15, 0.2) is 48.5 Å². The molecule has 0 amide bonds. The first-order chi connectivity index (χ1) is 11.2. The van der Waals surface area contributed by atoms with Gasteiger partial charge in [-0.1, -0.05) is 23.8 Å². The van der Waals surface area contributed by atoms with Crippen molar-refractivity contribution in [3.8, 4) is 11.5 Å². The molecule has 0 fully saturated rings. The molecule has 0 aromatic heterocycles. The number of aryl methyl sites for hydroxylation is 1. The molecule has 2 aromatic rings. The number of anilines is 1. The minimum atomic E-state index is 0.0655. The lowest BCUT2D eigenvalue weighted by atomic mass is 10.2. The molecule has 0 aliphatic rings. The molecular weight excluding hydrogens is 290 g/mol. The summed E-state index contributed by atoms with van der Waals surface area (Å²) in [5.74, 6) is 1.72. The SMILES string of the molecule is COCCOc1cccc(NCC(C)Oc2ccc(C)cc2)c1. The van der Waals surface area contributed by atoms with E-state index in [1.54, 1.807) is 7.11 Å². The summed E-state index contributed by atoms with van der Waals surface area (Å²) in [6.07, 6.45) is 0.0655. The van der Waals surface area contributed by atoms with Crippen LogP contribution in [0.4, 0.5) is 5.69 Å². The summed E-state index contributed by atoms with van der Waals surface area (Å²) in [4.78, 5) is 0. The van der Waals surface area contributed by atoms with E-state index in [4.69, 9.17) is 14.2 Å². The van der Waals surface area contributed by atoms with Gasteiger partial charge in [0.2, 0.25) is 0 Å². The summed E-state index contributed by atoms with van der Waals surface area (Å²) in [6, 6.07) is 16.0. The van der Waals surface area contributed by atoms with Gasteiger partial charge in [0.15, 0.2) is 0 Å². The second-order valence-electron chi connectivity index (χ2n) is 5.49. The lowest BCUT2D eigenvalue weighted by molar-refractivity contribution is 0.146. The van der Waals surface area contributed by atoms with Gasteiger partial charge in [-0.3, -0.25) is 0 Å². The molecule has 0 aliphatic heterocycles. The van der Waals surface area contributed by atoms with Crippen LogP contribution in [0.3, 0.4) is 0 Å². The number of rotatable bonds is 9. The number of benzene rings is 2. The Morgan fingerprint density at radius 2 is 1.78 bits per heavy atom. The van der Waals surface area contributed by atoms with E-state index in [1.165, 1.54) is 5.56 Å². The van der Waals surface area contributed by atoms with E-state index in [9.17, 15) is 0 Å². The average molecular weight is 315 g/mol. The zero-order valence-electron chi connectivity index (χ0n) is 14.0. The van der Waals surface area contributed by atoms with Gasteiger partial charge in [0.05, 0.1) is 13.2 Å². The molecule has 0 saturated carbocycles. The number of hydrogen-bond acceptors (Lipinski definition) is 4. The lowest BCUT2D eigenvalue weighted by Gasteiger charge is -2.17. The molecular formula is C19H25NO3. The van der Waals surface area contributed by atoms with Crippen LogP contribution in [0, 0.1) is 6.92 Å². The Morgan fingerprint density at radius 1 is 1.00 bits per heavy atom. The van der Waals surface area contributed by atoms with E-state index >= 15 is 0 Å². The highest BCUT2D eigenvalue weighted by Gasteiger charge is 2.04. The van der Waals surface area contributed by atoms with Crippen LogP contribution in [0.25, 0.3) is 0 Å². The summed E-state index contributed by atoms with van der Waals surface area (Å²) in [5.41, 5.74) is 2.24. The summed E-state index contributed by atoms with van der Waals surface area (Å²) < 4.78 is 16.5. The Balaban J connectivity index is 1.80. The molecule has 0 bridgehead atoms. The van der Waals surface area contributed by atoms with Gasteiger partial charge in [0.1, 0.15) is 24.2 Å². The third kappa shape index (κ3) is 6.20. The first-order valence-corrected chi connectivity index (χ1v) is 7.86. The van der Waals surface area contributed by atoms with Crippen molar-refractivity contribution in [1.29, 1.82) is 0 Å².